The van der Waals surface area contributed by atoms with Crippen molar-refractivity contribution in [1.29, 1.82) is 0 Å². The van der Waals surface area contributed by atoms with Gasteiger partial charge in [0.25, 0.3) is 0 Å². The average molecular weight is 217 g/mol. The monoisotopic (exact) mass is 216 g/mol. The van der Waals surface area contributed by atoms with Crippen LogP contribution in [0.3, 0.4) is 0 Å². The molecule has 0 amide bonds. The SMILES string of the molecule is Cl.NNc1cc(F)c(F)c(F)c1F. The largest absolute Gasteiger partial charge is 0.321 e. The van der Waals surface area contributed by atoms with Gasteiger partial charge in [0.1, 0.15) is 0 Å². The summed E-state index contributed by atoms with van der Waals surface area (Å²) in [7, 11) is 0. The predicted molar refractivity (Wildman–Crippen MR) is 41.3 cm³/mol. The van der Waals surface area contributed by atoms with Crippen LogP contribution in [0.1, 0.15) is 0 Å². The summed E-state index contributed by atoms with van der Waals surface area (Å²) in [5.41, 5.74) is 1.05. The van der Waals surface area contributed by atoms with E-state index in [4.69, 9.17) is 5.84 Å². The molecule has 0 radical (unpaired) electrons. The summed E-state index contributed by atoms with van der Waals surface area (Å²) in [6, 6.07) is 0.424. The molecule has 0 fully saturated rings. The standard InChI is InChI=1S/C6H4F4N2.ClH/c7-2-1-3(12-11)5(9)6(10)4(2)8;/h1,12H,11H2;1H. The topological polar surface area (TPSA) is 38.0 Å². The van der Waals surface area contributed by atoms with Crippen LogP contribution >= 0.6 is 12.4 Å². The minimum Gasteiger partial charge on any atom is -0.321 e. The van der Waals surface area contributed by atoms with Gasteiger partial charge in [-0.2, -0.15) is 0 Å². The Hall–Kier alpha value is -1.01. The Morgan fingerprint density at radius 1 is 1.00 bits per heavy atom. The van der Waals surface area contributed by atoms with Crippen LogP contribution in [-0.4, -0.2) is 0 Å². The first-order valence-corrected chi connectivity index (χ1v) is 2.87. The van der Waals surface area contributed by atoms with Crippen molar-refractivity contribution in [3.05, 3.63) is 29.3 Å². The summed E-state index contributed by atoms with van der Waals surface area (Å²) in [6.45, 7) is 0. The van der Waals surface area contributed by atoms with E-state index in [2.05, 4.69) is 0 Å². The van der Waals surface area contributed by atoms with Gasteiger partial charge in [0.2, 0.25) is 0 Å². The first-order valence-electron chi connectivity index (χ1n) is 2.87. The molecule has 0 aliphatic heterocycles. The third kappa shape index (κ3) is 2.02. The molecule has 0 aliphatic carbocycles. The smallest absolute Gasteiger partial charge is 0.199 e. The number of hydrazine groups is 1. The lowest BCUT2D eigenvalue weighted by molar-refractivity contribution is 0.411. The normalized spacial score (nSPS) is 9.31. The molecule has 74 valence electrons. The molecule has 1 rings (SSSR count). The van der Waals surface area contributed by atoms with E-state index < -0.39 is 29.0 Å². The molecule has 0 atom stereocenters. The van der Waals surface area contributed by atoms with Crippen LogP contribution in [-0.2, 0) is 0 Å². The molecule has 1 aromatic rings. The second-order valence-corrected chi connectivity index (χ2v) is 1.99. The predicted octanol–water partition coefficient (Wildman–Crippen LogP) is 1.95. The van der Waals surface area contributed by atoms with Gasteiger partial charge < -0.3 is 5.43 Å². The molecular weight excluding hydrogens is 212 g/mol. The number of hydrogen-bond acceptors (Lipinski definition) is 2. The maximum atomic E-state index is 12.5. The van der Waals surface area contributed by atoms with Crippen molar-refractivity contribution in [3.8, 4) is 0 Å². The summed E-state index contributed by atoms with van der Waals surface area (Å²) in [5.74, 6) is -2.09. The van der Waals surface area contributed by atoms with E-state index in [-0.39, 0.29) is 12.4 Å². The van der Waals surface area contributed by atoms with E-state index in [0.29, 0.717) is 6.07 Å². The van der Waals surface area contributed by atoms with Crippen LogP contribution < -0.4 is 11.3 Å². The summed E-state index contributed by atoms with van der Waals surface area (Å²) in [4.78, 5) is 0. The van der Waals surface area contributed by atoms with Gasteiger partial charge in [-0.3, -0.25) is 5.84 Å². The summed E-state index contributed by atoms with van der Waals surface area (Å²) in [6.07, 6.45) is 0. The van der Waals surface area contributed by atoms with Crippen molar-refractivity contribution >= 4 is 18.1 Å². The van der Waals surface area contributed by atoms with E-state index in [9.17, 15) is 17.6 Å². The van der Waals surface area contributed by atoms with Gasteiger partial charge in [0.15, 0.2) is 23.3 Å². The van der Waals surface area contributed by atoms with E-state index in [1.807, 2.05) is 0 Å². The van der Waals surface area contributed by atoms with Crippen molar-refractivity contribution in [2.24, 2.45) is 5.84 Å². The quantitative estimate of drug-likeness (QED) is 0.248. The lowest BCUT2D eigenvalue weighted by Gasteiger charge is -2.03. The Morgan fingerprint density at radius 3 is 2.00 bits per heavy atom. The number of halogens is 5. The van der Waals surface area contributed by atoms with Crippen LogP contribution in [0.25, 0.3) is 0 Å². The van der Waals surface area contributed by atoms with Gasteiger partial charge in [-0.15, -0.1) is 12.4 Å². The van der Waals surface area contributed by atoms with Crippen molar-refractivity contribution in [1.82, 2.24) is 0 Å². The highest BCUT2D eigenvalue weighted by molar-refractivity contribution is 5.85. The zero-order valence-corrected chi connectivity index (χ0v) is 6.89. The van der Waals surface area contributed by atoms with Crippen molar-refractivity contribution < 1.29 is 17.6 Å². The number of hydrogen-bond donors (Lipinski definition) is 2. The minimum atomic E-state index is -1.89. The fourth-order valence-electron chi connectivity index (χ4n) is 0.678. The lowest BCUT2D eigenvalue weighted by Crippen LogP contribution is -2.11. The molecule has 0 bridgehead atoms. The number of nitrogen functional groups attached to an aromatic ring is 1. The van der Waals surface area contributed by atoms with Gasteiger partial charge in [-0.05, 0) is 0 Å². The molecule has 0 spiro atoms. The number of benzene rings is 1. The highest BCUT2D eigenvalue weighted by atomic mass is 35.5. The Balaban J connectivity index is 0.00000144. The Kier molecular flexibility index (Phi) is 3.96. The van der Waals surface area contributed by atoms with Crippen LogP contribution in [0, 0.1) is 23.3 Å². The number of nitrogens with one attached hydrogen (secondary N) is 1. The van der Waals surface area contributed by atoms with Gasteiger partial charge >= 0.3 is 0 Å². The summed E-state index contributed by atoms with van der Waals surface area (Å²) < 4.78 is 49.5. The molecule has 1 aromatic carbocycles. The van der Waals surface area contributed by atoms with Crippen molar-refractivity contribution in [2.45, 2.75) is 0 Å². The molecule has 7 heteroatoms. The fraction of sp³-hybridized carbons (Fsp3) is 0. The lowest BCUT2D eigenvalue weighted by atomic mass is 10.3. The van der Waals surface area contributed by atoms with Crippen LogP contribution in [0.15, 0.2) is 6.07 Å². The van der Waals surface area contributed by atoms with Crippen LogP contribution in [0.5, 0.6) is 0 Å². The number of anilines is 1. The molecular formula is C6H5ClF4N2. The molecule has 2 nitrogen and oxygen atoms in total. The Labute approximate surface area is 77.1 Å². The average Bonchev–Trinajstić information content (AvgIpc) is 2.08. The molecule has 0 unspecified atom stereocenters. The fourth-order valence-corrected chi connectivity index (χ4v) is 0.678. The van der Waals surface area contributed by atoms with Crippen LogP contribution in [0.4, 0.5) is 23.2 Å². The minimum absolute atomic E-state index is 0. The molecule has 0 aromatic heterocycles. The van der Waals surface area contributed by atoms with E-state index >= 15 is 0 Å². The first-order chi connectivity index (χ1) is 5.57. The van der Waals surface area contributed by atoms with E-state index in [0.717, 1.165) is 0 Å². The van der Waals surface area contributed by atoms with E-state index in [1.54, 1.807) is 5.43 Å². The zero-order valence-electron chi connectivity index (χ0n) is 6.07. The molecule has 13 heavy (non-hydrogen) atoms. The zero-order chi connectivity index (χ0) is 9.30. The van der Waals surface area contributed by atoms with Gasteiger partial charge in [0, 0.05) is 6.07 Å². The number of nitrogens with two attached hydrogens (primary N) is 1. The second-order valence-electron chi connectivity index (χ2n) is 1.99. The summed E-state index contributed by atoms with van der Waals surface area (Å²) in [5, 5.41) is 0. The maximum absolute atomic E-state index is 12.5. The van der Waals surface area contributed by atoms with Gasteiger partial charge in [-0.1, -0.05) is 0 Å². The van der Waals surface area contributed by atoms with Crippen LogP contribution in [0.2, 0.25) is 0 Å². The highest BCUT2D eigenvalue weighted by Crippen LogP contribution is 2.21. The Morgan fingerprint density at radius 2 is 1.54 bits per heavy atom. The molecule has 0 heterocycles. The van der Waals surface area contributed by atoms with Crippen molar-refractivity contribution in [3.63, 3.8) is 0 Å². The summed E-state index contributed by atoms with van der Waals surface area (Å²) >= 11 is 0. The van der Waals surface area contributed by atoms with Gasteiger partial charge in [-0.25, -0.2) is 17.6 Å². The van der Waals surface area contributed by atoms with Gasteiger partial charge in [0.05, 0.1) is 5.69 Å². The maximum Gasteiger partial charge on any atom is 0.199 e. The molecule has 3 N–H and O–H groups in total. The second kappa shape index (κ2) is 4.29. The molecule has 0 saturated carbocycles. The molecule has 0 aliphatic rings. The molecule has 0 saturated heterocycles. The third-order valence-electron chi connectivity index (χ3n) is 1.26. The first kappa shape index (κ1) is 12.0. The number of rotatable bonds is 1. The van der Waals surface area contributed by atoms with E-state index in [1.165, 1.54) is 0 Å². The third-order valence-corrected chi connectivity index (χ3v) is 1.26. The van der Waals surface area contributed by atoms with Crippen molar-refractivity contribution in [2.75, 3.05) is 5.43 Å². The highest BCUT2D eigenvalue weighted by Gasteiger charge is 2.17. The Bertz CT molecular complexity index is 318.